The van der Waals surface area contributed by atoms with Crippen LogP contribution in [0.25, 0.3) is 0 Å². The van der Waals surface area contributed by atoms with Crippen LogP contribution in [-0.4, -0.2) is 50.2 Å². The van der Waals surface area contributed by atoms with Crippen LogP contribution in [0.3, 0.4) is 0 Å². The molecule has 0 radical (unpaired) electrons. The molecular formula is C11H19ClN4O3. The fourth-order valence-electron chi connectivity index (χ4n) is 2.34. The van der Waals surface area contributed by atoms with Crippen molar-refractivity contribution in [3.8, 4) is 0 Å². The zero-order chi connectivity index (χ0) is 13.0. The molecule has 1 aromatic rings. The SMILES string of the molecule is Cl.O=[N+]([O-])c1nccn1C[C@@H](O)CN1CCCCC1. The molecule has 1 N–H and O–H groups in total. The van der Waals surface area contributed by atoms with Crippen molar-refractivity contribution in [1.29, 1.82) is 0 Å². The predicted octanol–water partition coefficient (Wildman–Crippen LogP) is 1.06. The average Bonchev–Trinajstić information content (AvgIpc) is 2.78. The van der Waals surface area contributed by atoms with Crippen molar-refractivity contribution in [2.24, 2.45) is 0 Å². The summed E-state index contributed by atoms with van der Waals surface area (Å²) in [4.78, 5) is 16.0. The topological polar surface area (TPSA) is 84.4 Å². The molecule has 2 rings (SSSR count). The van der Waals surface area contributed by atoms with Crippen molar-refractivity contribution in [3.05, 3.63) is 22.5 Å². The van der Waals surface area contributed by atoms with Gasteiger partial charge in [0, 0.05) is 6.54 Å². The number of hydrogen-bond donors (Lipinski definition) is 1. The molecule has 1 aromatic heterocycles. The zero-order valence-electron chi connectivity index (χ0n) is 10.6. The Labute approximate surface area is 117 Å². The average molecular weight is 291 g/mol. The van der Waals surface area contributed by atoms with E-state index in [1.54, 1.807) is 0 Å². The number of β-amino-alcohol motifs (C(OH)–C–C–N with tert-alkyl or cyclic N) is 1. The summed E-state index contributed by atoms with van der Waals surface area (Å²) < 4.78 is 1.38. The van der Waals surface area contributed by atoms with E-state index in [0.717, 1.165) is 25.9 Å². The highest BCUT2D eigenvalue weighted by molar-refractivity contribution is 5.85. The summed E-state index contributed by atoms with van der Waals surface area (Å²) in [6, 6.07) is 0. The summed E-state index contributed by atoms with van der Waals surface area (Å²) in [6.45, 7) is 2.79. The van der Waals surface area contributed by atoms with Crippen molar-refractivity contribution in [2.45, 2.75) is 31.9 Å². The van der Waals surface area contributed by atoms with Crippen molar-refractivity contribution in [1.82, 2.24) is 14.5 Å². The van der Waals surface area contributed by atoms with Crippen molar-refractivity contribution < 1.29 is 10.0 Å². The minimum atomic E-state index is -0.601. The summed E-state index contributed by atoms with van der Waals surface area (Å²) in [5, 5.41) is 20.7. The van der Waals surface area contributed by atoms with Crippen LogP contribution in [0.2, 0.25) is 0 Å². The molecule has 0 bridgehead atoms. The third-order valence-electron chi connectivity index (χ3n) is 3.18. The van der Waals surface area contributed by atoms with Gasteiger partial charge in [-0.1, -0.05) is 11.4 Å². The second-order valence-corrected chi connectivity index (χ2v) is 4.65. The Kier molecular flexibility index (Phi) is 6.20. The Bertz CT molecular complexity index is 406. The molecule has 0 aromatic carbocycles. The fourth-order valence-corrected chi connectivity index (χ4v) is 2.34. The summed E-state index contributed by atoms with van der Waals surface area (Å²) >= 11 is 0. The summed E-state index contributed by atoms with van der Waals surface area (Å²) in [7, 11) is 0. The number of likely N-dealkylation sites (tertiary alicyclic amines) is 1. The molecular weight excluding hydrogens is 272 g/mol. The number of nitrogens with zero attached hydrogens (tertiary/aromatic N) is 4. The van der Waals surface area contributed by atoms with Crippen LogP contribution < -0.4 is 0 Å². The van der Waals surface area contributed by atoms with E-state index in [1.807, 2.05) is 0 Å². The number of nitro groups is 1. The van der Waals surface area contributed by atoms with Gasteiger partial charge in [-0.3, -0.25) is 0 Å². The molecule has 8 heteroatoms. The minimum Gasteiger partial charge on any atom is -0.390 e. The number of piperidine rings is 1. The van der Waals surface area contributed by atoms with Gasteiger partial charge in [0.05, 0.1) is 12.6 Å². The van der Waals surface area contributed by atoms with E-state index in [1.165, 1.54) is 23.4 Å². The Morgan fingerprint density at radius 1 is 1.37 bits per heavy atom. The van der Waals surface area contributed by atoms with Gasteiger partial charge >= 0.3 is 5.95 Å². The number of aliphatic hydroxyl groups excluding tert-OH is 1. The Hall–Kier alpha value is -1.18. The first kappa shape index (κ1) is 15.9. The van der Waals surface area contributed by atoms with Gasteiger partial charge in [-0.05, 0) is 30.9 Å². The van der Waals surface area contributed by atoms with Gasteiger partial charge in [-0.15, -0.1) is 12.4 Å². The van der Waals surface area contributed by atoms with E-state index in [2.05, 4.69) is 9.88 Å². The Balaban J connectivity index is 0.00000180. The molecule has 0 amide bonds. The van der Waals surface area contributed by atoms with Gasteiger partial charge in [0.1, 0.15) is 12.4 Å². The van der Waals surface area contributed by atoms with Crippen LogP contribution in [0, 0.1) is 10.1 Å². The highest BCUT2D eigenvalue weighted by Gasteiger charge is 2.20. The lowest BCUT2D eigenvalue weighted by Gasteiger charge is -2.28. The monoisotopic (exact) mass is 290 g/mol. The lowest BCUT2D eigenvalue weighted by molar-refractivity contribution is -0.397. The smallest absolute Gasteiger partial charge is 0.390 e. The third kappa shape index (κ3) is 4.45. The Morgan fingerprint density at radius 3 is 2.68 bits per heavy atom. The second-order valence-electron chi connectivity index (χ2n) is 4.65. The van der Waals surface area contributed by atoms with Crippen LogP contribution in [0.5, 0.6) is 0 Å². The predicted molar refractivity (Wildman–Crippen MR) is 72.4 cm³/mol. The zero-order valence-corrected chi connectivity index (χ0v) is 11.5. The number of aliphatic hydroxyl groups is 1. The quantitative estimate of drug-likeness (QED) is 0.647. The van der Waals surface area contributed by atoms with Crippen LogP contribution >= 0.6 is 12.4 Å². The number of hydrogen-bond acceptors (Lipinski definition) is 5. The molecule has 1 atom stereocenters. The normalized spacial score (nSPS) is 17.7. The van der Waals surface area contributed by atoms with Gasteiger partial charge < -0.3 is 20.1 Å². The highest BCUT2D eigenvalue weighted by Crippen LogP contribution is 2.12. The first-order chi connectivity index (χ1) is 8.66. The molecule has 1 saturated heterocycles. The van der Waals surface area contributed by atoms with Gasteiger partial charge in [0.15, 0.2) is 0 Å². The standard InChI is InChI=1S/C11H18N4O3.ClH/c16-10(8-13-5-2-1-3-6-13)9-14-7-4-12-11(14)15(17)18;/h4,7,10,16H,1-3,5-6,8-9H2;1H/t10-;/m0./s1. The molecule has 0 spiro atoms. The lowest BCUT2D eigenvalue weighted by atomic mass is 10.1. The van der Waals surface area contributed by atoms with Crippen LogP contribution in [0.4, 0.5) is 5.95 Å². The minimum absolute atomic E-state index is 0. The fraction of sp³-hybridized carbons (Fsp3) is 0.727. The van der Waals surface area contributed by atoms with Gasteiger partial charge in [-0.2, -0.15) is 0 Å². The molecule has 0 saturated carbocycles. The first-order valence-corrected chi connectivity index (χ1v) is 6.23. The second kappa shape index (κ2) is 7.42. The number of imidazole rings is 1. The first-order valence-electron chi connectivity index (χ1n) is 6.23. The number of halogens is 1. The molecule has 108 valence electrons. The van der Waals surface area contributed by atoms with Gasteiger partial charge in [0.25, 0.3) is 0 Å². The van der Waals surface area contributed by atoms with E-state index >= 15 is 0 Å². The molecule has 1 aliphatic heterocycles. The van der Waals surface area contributed by atoms with Crippen molar-refractivity contribution >= 4 is 18.4 Å². The molecule has 19 heavy (non-hydrogen) atoms. The number of aromatic nitrogens is 2. The van der Waals surface area contributed by atoms with E-state index in [0.29, 0.717) is 6.54 Å². The molecule has 1 aliphatic rings. The van der Waals surface area contributed by atoms with Crippen LogP contribution in [-0.2, 0) is 6.54 Å². The molecule has 2 heterocycles. The molecule has 0 unspecified atom stereocenters. The number of rotatable bonds is 5. The van der Waals surface area contributed by atoms with Crippen molar-refractivity contribution in [2.75, 3.05) is 19.6 Å². The van der Waals surface area contributed by atoms with Crippen LogP contribution in [0.1, 0.15) is 19.3 Å². The van der Waals surface area contributed by atoms with E-state index in [9.17, 15) is 15.2 Å². The molecule has 7 nitrogen and oxygen atoms in total. The van der Waals surface area contributed by atoms with E-state index < -0.39 is 11.0 Å². The lowest BCUT2D eigenvalue weighted by Crippen LogP contribution is -2.38. The van der Waals surface area contributed by atoms with Gasteiger partial charge in [-0.25, -0.2) is 4.57 Å². The summed E-state index contributed by atoms with van der Waals surface area (Å²) in [6.07, 6.45) is 5.88. The van der Waals surface area contributed by atoms with Crippen molar-refractivity contribution in [3.63, 3.8) is 0 Å². The summed E-state index contributed by atoms with van der Waals surface area (Å²) in [5.74, 6) is -0.215. The third-order valence-corrected chi connectivity index (χ3v) is 3.18. The molecule has 1 fully saturated rings. The highest BCUT2D eigenvalue weighted by atomic mass is 35.5. The van der Waals surface area contributed by atoms with Crippen LogP contribution in [0.15, 0.2) is 12.4 Å². The molecule has 0 aliphatic carbocycles. The van der Waals surface area contributed by atoms with Gasteiger partial charge in [0.2, 0.25) is 0 Å². The largest absolute Gasteiger partial charge is 0.434 e. The maximum atomic E-state index is 10.7. The van der Waals surface area contributed by atoms with E-state index in [4.69, 9.17) is 0 Å². The van der Waals surface area contributed by atoms with E-state index in [-0.39, 0.29) is 24.9 Å². The maximum Gasteiger partial charge on any atom is 0.434 e. The maximum absolute atomic E-state index is 10.7. The summed E-state index contributed by atoms with van der Waals surface area (Å²) in [5.41, 5.74) is 0. The Morgan fingerprint density at radius 2 is 2.05 bits per heavy atom.